The highest BCUT2D eigenvalue weighted by Crippen LogP contribution is 2.22. The number of unbranched alkanes of at least 4 members (excludes halogenated alkanes) is 15. The summed E-state index contributed by atoms with van der Waals surface area (Å²) in [6.45, 7) is 3.67. The minimum absolute atomic E-state index is 0.205. The summed E-state index contributed by atoms with van der Waals surface area (Å²) < 4.78 is 11.1. The Labute approximate surface area is 322 Å². The minimum Gasteiger partial charge on any atom is -0.394 e. The van der Waals surface area contributed by atoms with Gasteiger partial charge in [0.2, 0.25) is 5.91 Å². The van der Waals surface area contributed by atoms with Crippen LogP contribution in [0.15, 0.2) is 60.8 Å². The van der Waals surface area contributed by atoms with Gasteiger partial charge in [0.05, 0.1) is 25.4 Å². The highest BCUT2D eigenvalue weighted by atomic mass is 16.7. The third-order valence-electron chi connectivity index (χ3n) is 9.56. The van der Waals surface area contributed by atoms with Crippen LogP contribution in [0.1, 0.15) is 155 Å². The van der Waals surface area contributed by atoms with Gasteiger partial charge >= 0.3 is 0 Å². The molecule has 0 saturated carbocycles. The summed E-state index contributed by atoms with van der Waals surface area (Å²) in [5.41, 5.74) is 0. The Kier molecular flexibility index (Phi) is 31.7. The molecule has 306 valence electrons. The zero-order valence-electron chi connectivity index (χ0n) is 33.2. The molecule has 7 atom stereocenters. The molecule has 6 N–H and O–H groups in total. The van der Waals surface area contributed by atoms with Gasteiger partial charge in [0.15, 0.2) is 6.29 Å². The Balaban J connectivity index is 2.41. The van der Waals surface area contributed by atoms with Crippen LogP contribution in [0.25, 0.3) is 0 Å². The molecule has 0 radical (unpaired) electrons. The number of aliphatic hydroxyl groups excluding tert-OH is 5. The van der Waals surface area contributed by atoms with Crippen LogP contribution in [-0.4, -0.2) is 87.5 Å². The van der Waals surface area contributed by atoms with Crippen molar-refractivity contribution in [2.45, 2.75) is 198 Å². The van der Waals surface area contributed by atoms with E-state index in [9.17, 15) is 30.3 Å². The molecule has 1 aliphatic rings. The summed E-state index contributed by atoms with van der Waals surface area (Å²) in [6.07, 6.45) is 36.9. The second-order valence-electron chi connectivity index (χ2n) is 14.4. The molecule has 0 aromatic carbocycles. The summed E-state index contributed by atoms with van der Waals surface area (Å²) in [7, 11) is 0. The van der Waals surface area contributed by atoms with E-state index >= 15 is 0 Å². The molecule has 7 unspecified atom stereocenters. The van der Waals surface area contributed by atoms with Crippen LogP contribution < -0.4 is 5.32 Å². The molecular weight excluding hydrogens is 670 g/mol. The molecule has 0 aliphatic carbocycles. The van der Waals surface area contributed by atoms with Crippen LogP contribution in [0.2, 0.25) is 0 Å². The lowest BCUT2D eigenvalue weighted by Gasteiger charge is -2.40. The SMILES string of the molecule is CCCCC/C=C\C/C=C\C/C=C\CCCCCCCCC(=O)NC(COC1OC(CO)C(O)C(O)C1O)C(O)/C=C/CC/C=C/CCCCCCC. The number of ether oxygens (including phenoxy) is 2. The minimum atomic E-state index is -1.57. The second-order valence-corrected chi connectivity index (χ2v) is 14.4. The van der Waals surface area contributed by atoms with Crippen molar-refractivity contribution >= 4 is 5.91 Å². The zero-order valence-corrected chi connectivity index (χ0v) is 33.2. The third kappa shape index (κ3) is 25.6. The molecule has 9 heteroatoms. The highest BCUT2D eigenvalue weighted by molar-refractivity contribution is 5.76. The number of carbonyl (C=O) groups is 1. The summed E-state index contributed by atoms with van der Waals surface area (Å²) in [5, 5.41) is 53.9. The molecule has 1 saturated heterocycles. The van der Waals surface area contributed by atoms with Gasteiger partial charge in [0.25, 0.3) is 0 Å². The van der Waals surface area contributed by atoms with Gasteiger partial charge in [-0.2, -0.15) is 0 Å². The molecule has 1 heterocycles. The van der Waals surface area contributed by atoms with Crippen molar-refractivity contribution in [1.82, 2.24) is 5.32 Å². The van der Waals surface area contributed by atoms with Crippen LogP contribution in [0.5, 0.6) is 0 Å². The Morgan fingerprint density at radius 1 is 0.642 bits per heavy atom. The molecule has 1 aliphatic heterocycles. The number of aliphatic hydroxyl groups is 5. The number of rotatable bonds is 33. The van der Waals surface area contributed by atoms with Crippen LogP contribution in [0.4, 0.5) is 0 Å². The van der Waals surface area contributed by atoms with Crippen molar-refractivity contribution < 1.29 is 39.8 Å². The van der Waals surface area contributed by atoms with E-state index in [4.69, 9.17) is 9.47 Å². The van der Waals surface area contributed by atoms with Gasteiger partial charge in [-0.1, -0.05) is 139 Å². The Morgan fingerprint density at radius 3 is 1.75 bits per heavy atom. The summed E-state index contributed by atoms with van der Waals surface area (Å²) in [6, 6.07) is -0.828. The largest absolute Gasteiger partial charge is 0.394 e. The smallest absolute Gasteiger partial charge is 0.220 e. The fourth-order valence-corrected chi connectivity index (χ4v) is 6.12. The molecule has 1 fully saturated rings. The topological polar surface area (TPSA) is 149 Å². The lowest BCUT2D eigenvalue weighted by Crippen LogP contribution is -2.60. The third-order valence-corrected chi connectivity index (χ3v) is 9.56. The predicted octanol–water partition coefficient (Wildman–Crippen LogP) is 8.05. The Morgan fingerprint density at radius 2 is 1.13 bits per heavy atom. The van der Waals surface area contributed by atoms with Gasteiger partial charge < -0.3 is 40.3 Å². The van der Waals surface area contributed by atoms with Crippen molar-refractivity contribution in [3.8, 4) is 0 Å². The number of allylic oxidation sites excluding steroid dienone is 9. The van der Waals surface area contributed by atoms with E-state index in [0.717, 1.165) is 70.6 Å². The lowest BCUT2D eigenvalue weighted by molar-refractivity contribution is -0.302. The first-order valence-electron chi connectivity index (χ1n) is 21.0. The fraction of sp³-hybridized carbons (Fsp3) is 0.750. The van der Waals surface area contributed by atoms with Gasteiger partial charge in [-0.3, -0.25) is 4.79 Å². The molecule has 1 rings (SSSR count). The van der Waals surface area contributed by atoms with Crippen LogP contribution in [0, 0.1) is 0 Å². The fourth-order valence-electron chi connectivity index (χ4n) is 6.12. The average molecular weight is 748 g/mol. The maximum atomic E-state index is 12.9. The van der Waals surface area contributed by atoms with Crippen molar-refractivity contribution in [2.75, 3.05) is 13.2 Å². The van der Waals surface area contributed by atoms with Crippen molar-refractivity contribution in [2.24, 2.45) is 0 Å². The maximum Gasteiger partial charge on any atom is 0.220 e. The number of hydrogen-bond acceptors (Lipinski definition) is 8. The van der Waals surface area contributed by atoms with Gasteiger partial charge in [0, 0.05) is 6.42 Å². The quantitative estimate of drug-likeness (QED) is 0.0292. The van der Waals surface area contributed by atoms with E-state index in [1.807, 2.05) is 6.08 Å². The molecule has 53 heavy (non-hydrogen) atoms. The van der Waals surface area contributed by atoms with Crippen molar-refractivity contribution in [1.29, 1.82) is 0 Å². The van der Waals surface area contributed by atoms with Crippen molar-refractivity contribution in [3.63, 3.8) is 0 Å². The summed E-state index contributed by atoms with van der Waals surface area (Å²) in [5.74, 6) is -0.205. The molecular formula is C44H77NO8. The number of carbonyl (C=O) groups excluding carboxylic acids is 1. The molecule has 9 nitrogen and oxygen atoms in total. The van der Waals surface area contributed by atoms with E-state index in [1.54, 1.807) is 6.08 Å². The molecule has 0 aromatic heterocycles. The Hall–Kier alpha value is -2.11. The van der Waals surface area contributed by atoms with Crippen LogP contribution in [0.3, 0.4) is 0 Å². The van der Waals surface area contributed by atoms with Crippen LogP contribution in [-0.2, 0) is 14.3 Å². The Bertz CT molecular complexity index is 1010. The highest BCUT2D eigenvalue weighted by Gasteiger charge is 2.44. The monoisotopic (exact) mass is 748 g/mol. The first kappa shape index (κ1) is 48.9. The number of hydrogen-bond donors (Lipinski definition) is 6. The van der Waals surface area contributed by atoms with Crippen LogP contribution >= 0.6 is 0 Å². The second kappa shape index (κ2) is 34.4. The lowest BCUT2D eigenvalue weighted by atomic mass is 9.99. The molecule has 1 amide bonds. The summed E-state index contributed by atoms with van der Waals surface area (Å²) in [4.78, 5) is 12.9. The van der Waals surface area contributed by atoms with E-state index < -0.39 is 49.5 Å². The first-order valence-corrected chi connectivity index (χ1v) is 21.0. The summed E-state index contributed by atoms with van der Waals surface area (Å²) >= 11 is 0. The molecule has 0 aromatic rings. The standard InChI is InChI=1S/C44H77NO8/c1-3-5-7-9-11-13-15-16-17-18-19-20-21-22-24-26-28-30-32-34-40(48)45-37(36-52-44-43(51)42(50)41(49)39(35-46)53-44)38(47)33-31-29-27-25-23-14-12-10-8-6-4-2/h11,13,16-17,19-20,23,25,31,33,37-39,41-44,46-47,49-51H,3-10,12,14-15,18,21-22,24,26-30,32,34-36H2,1-2H3,(H,45,48)/b13-11-,17-16-,20-19-,25-23+,33-31+. The van der Waals surface area contributed by atoms with E-state index in [1.165, 1.54) is 64.2 Å². The van der Waals surface area contributed by atoms with Gasteiger partial charge in [-0.25, -0.2) is 0 Å². The van der Waals surface area contributed by atoms with E-state index in [-0.39, 0.29) is 12.5 Å². The molecule has 0 bridgehead atoms. The maximum absolute atomic E-state index is 12.9. The van der Waals surface area contributed by atoms with E-state index in [2.05, 4.69) is 67.8 Å². The molecule has 0 spiro atoms. The van der Waals surface area contributed by atoms with E-state index in [0.29, 0.717) is 6.42 Å². The normalized spacial score (nSPS) is 22.3. The first-order chi connectivity index (χ1) is 25.8. The van der Waals surface area contributed by atoms with Gasteiger partial charge in [-0.05, 0) is 70.6 Å². The van der Waals surface area contributed by atoms with Crippen molar-refractivity contribution in [3.05, 3.63) is 60.8 Å². The average Bonchev–Trinajstić information content (AvgIpc) is 3.16. The number of amides is 1. The van der Waals surface area contributed by atoms with Gasteiger partial charge in [0.1, 0.15) is 24.4 Å². The zero-order chi connectivity index (χ0) is 38.8. The number of nitrogens with one attached hydrogen (secondary N) is 1. The van der Waals surface area contributed by atoms with Gasteiger partial charge in [-0.15, -0.1) is 0 Å². The predicted molar refractivity (Wildman–Crippen MR) is 216 cm³/mol.